The van der Waals surface area contributed by atoms with Gasteiger partial charge in [0.1, 0.15) is 13.2 Å². The molecule has 3 rings (SSSR count). The molecule has 8 nitrogen and oxygen atoms in total. The van der Waals surface area contributed by atoms with Crippen LogP contribution in [0.25, 0.3) is 0 Å². The Hall–Kier alpha value is -2.65. The lowest BCUT2D eigenvalue weighted by molar-refractivity contribution is -0.116. The Labute approximate surface area is 158 Å². The molecular weight excluding hydrogens is 370 g/mol. The number of pyridine rings is 1. The summed E-state index contributed by atoms with van der Waals surface area (Å²) in [5.74, 6) is 0.930. The molecule has 1 N–H and O–H groups in total. The summed E-state index contributed by atoms with van der Waals surface area (Å²) >= 11 is 0. The van der Waals surface area contributed by atoms with Gasteiger partial charge in [-0.15, -0.1) is 0 Å². The van der Waals surface area contributed by atoms with Crippen LogP contribution in [0.1, 0.15) is 12.0 Å². The number of carbonyl (C=O) groups is 1. The van der Waals surface area contributed by atoms with Gasteiger partial charge in [-0.2, -0.15) is 4.31 Å². The maximum Gasteiger partial charge on any atom is 0.225 e. The minimum atomic E-state index is -3.45. The number of ether oxygens (including phenoxy) is 2. The number of nitrogens with zero attached hydrogens (tertiary/aromatic N) is 2. The fraction of sp³-hybridized carbons (Fsp3) is 0.333. The van der Waals surface area contributed by atoms with Gasteiger partial charge in [0.05, 0.1) is 6.26 Å². The van der Waals surface area contributed by atoms with Gasteiger partial charge in [0.25, 0.3) is 0 Å². The zero-order valence-corrected chi connectivity index (χ0v) is 15.7. The summed E-state index contributed by atoms with van der Waals surface area (Å²) in [6, 6.07) is 8.67. The largest absolute Gasteiger partial charge is 0.486 e. The van der Waals surface area contributed by atoms with Crippen molar-refractivity contribution in [2.45, 2.75) is 13.0 Å². The third kappa shape index (κ3) is 5.41. The highest BCUT2D eigenvalue weighted by Gasteiger charge is 2.19. The van der Waals surface area contributed by atoms with Crippen molar-refractivity contribution < 1.29 is 22.7 Å². The molecule has 27 heavy (non-hydrogen) atoms. The van der Waals surface area contributed by atoms with E-state index >= 15 is 0 Å². The van der Waals surface area contributed by atoms with Crippen molar-refractivity contribution in [3.8, 4) is 11.5 Å². The summed E-state index contributed by atoms with van der Waals surface area (Å²) < 4.78 is 36.2. The first-order chi connectivity index (χ1) is 12.9. The molecule has 0 spiro atoms. The average molecular weight is 391 g/mol. The third-order valence-electron chi connectivity index (χ3n) is 3.96. The fourth-order valence-corrected chi connectivity index (χ4v) is 3.43. The van der Waals surface area contributed by atoms with Crippen LogP contribution in [0.2, 0.25) is 0 Å². The van der Waals surface area contributed by atoms with E-state index in [1.54, 1.807) is 42.7 Å². The average Bonchev–Trinajstić information content (AvgIpc) is 2.65. The Morgan fingerprint density at radius 2 is 2.00 bits per heavy atom. The predicted octanol–water partition coefficient (Wildman–Crippen LogP) is 1.64. The first-order valence-corrected chi connectivity index (χ1v) is 10.3. The minimum absolute atomic E-state index is 0.0295. The smallest absolute Gasteiger partial charge is 0.225 e. The van der Waals surface area contributed by atoms with Crippen LogP contribution in [0, 0.1) is 0 Å². The molecule has 144 valence electrons. The Morgan fingerprint density at radius 3 is 2.70 bits per heavy atom. The van der Waals surface area contributed by atoms with E-state index in [0.29, 0.717) is 30.4 Å². The number of nitrogens with one attached hydrogen (secondary N) is 1. The molecule has 2 heterocycles. The molecule has 2 aromatic rings. The maximum absolute atomic E-state index is 12.2. The van der Waals surface area contributed by atoms with E-state index < -0.39 is 10.0 Å². The van der Waals surface area contributed by atoms with Crippen molar-refractivity contribution in [2.75, 3.05) is 31.3 Å². The van der Waals surface area contributed by atoms with Gasteiger partial charge in [-0.3, -0.25) is 9.78 Å². The Kier molecular flexibility index (Phi) is 5.92. The highest BCUT2D eigenvalue weighted by Crippen LogP contribution is 2.32. The van der Waals surface area contributed by atoms with Crippen LogP contribution in [0.5, 0.6) is 11.5 Å². The molecule has 0 saturated heterocycles. The first-order valence-electron chi connectivity index (χ1n) is 8.45. The van der Waals surface area contributed by atoms with E-state index in [9.17, 15) is 13.2 Å². The van der Waals surface area contributed by atoms with E-state index in [4.69, 9.17) is 9.47 Å². The lowest BCUT2D eigenvalue weighted by atomic mass is 10.2. The summed E-state index contributed by atoms with van der Waals surface area (Å²) in [6.07, 6.45) is 4.38. The Morgan fingerprint density at radius 1 is 1.22 bits per heavy atom. The first kappa shape index (κ1) is 19.1. The number of sulfonamides is 1. The van der Waals surface area contributed by atoms with Crippen molar-refractivity contribution in [1.29, 1.82) is 0 Å². The minimum Gasteiger partial charge on any atom is -0.486 e. The zero-order chi connectivity index (χ0) is 19.3. The van der Waals surface area contributed by atoms with Crippen molar-refractivity contribution >= 4 is 21.6 Å². The summed E-state index contributed by atoms with van der Waals surface area (Å²) in [5.41, 5.74) is 1.33. The third-order valence-corrected chi connectivity index (χ3v) is 5.21. The van der Waals surface area contributed by atoms with Gasteiger partial charge in [-0.05, 0) is 23.8 Å². The summed E-state index contributed by atoms with van der Waals surface area (Å²) in [7, 11) is -3.45. The summed E-state index contributed by atoms with van der Waals surface area (Å²) in [5, 5.41) is 2.75. The molecule has 1 aliphatic rings. The molecule has 9 heteroatoms. The van der Waals surface area contributed by atoms with Gasteiger partial charge in [0.2, 0.25) is 15.9 Å². The van der Waals surface area contributed by atoms with Gasteiger partial charge in [-0.1, -0.05) is 6.07 Å². The number of benzene rings is 1. The fourth-order valence-electron chi connectivity index (χ4n) is 2.63. The van der Waals surface area contributed by atoms with Crippen molar-refractivity contribution in [3.63, 3.8) is 0 Å². The monoisotopic (exact) mass is 391 g/mol. The molecule has 0 aliphatic carbocycles. The molecule has 0 unspecified atom stereocenters. The number of anilines is 1. The van der Waals surface area contributed by atoms with Crippen LogP contribution < -0.4 is 14.8 Å². The number of hydrogen-bond acceptors (Lipinski definition) is 6. The van der Waals surface area contributed by atoms with Crippen LogP contribution in [0.15, 0.2) is 42.7 Å². The topological polar surface area (TPSA) is 97.8 Å². The Bertz CT molecular complexity index is 902. The van der Waals surface area contributed by atoms with Crippen molar-refractivity contribution in [1.82, 2.24) is 9.29 Å². The SMILES string of the molecule is CS(=O)(=O)N(CCC(=O)Nc1ccc2c(c1)OCCO2)Cc1cccnc1. The van der Waals surface area contributed by atoms with Crippen LogP contribution in [0.4, 0.5) is 5.69 Å². The highest BCUT2D eigenvalue weighted by molar-refractivity contribution is 7.88. The quantitative estimate of drug-likeness (QED) is 0.771. The van der Waals surface area contributed by atoms with E-state index in [1.807, 2.05) is 0 Å². The van der Waals surface area contributed by atoms with Crippen LogP contribution in [0.3, 0.4) is 0 Å². The second-order valence-electron chi connectivity index (χ2n) is 6.11. The molecule has 0 radical (unpaired) electrons. The Balaban J connectivity index is 1.59. The second kappa shape index (κ2) is 8.36. The van der Waals surface area contributed by atoms with E-state index in [1.165, 1.54) is 4.31 Å². The van der Waals surface area contributed by atoms with Crippen molar-refractivity contribution in [2.24, 2.45) is 0 Å². The number of carbonyl (C=O) groups excluding carboxylic acids is 1. The molecular formula is C18H21N3O5S. The van der Waals surface area contributed by atoms with Gasteiger partial charge in [0.15, 0.2) is 11.5 Å². The lowest BCUT2D eigenvalue weighted by Crippen LogP contribution is -2.32. The zero-order valence-electron chi connectivity index (χ0n) is 14.9. The molecule has 0 fully saturated rings. The highest BCUT2D eigenvalue weighted by atomic mass is 32.2. The predicted molar refractivity (Wildman–Crippen MR) is 100 cm³/mol. The lowest BCUT2D eigenvalue weighted by Gasteiger charge is -2.20. The van der Waals surface area contributed by atoms with Gasteiger partial charge < -0.3 is 14.8 Å². The molecule has 0 saturated carbocycles. The van der Waals surface area contributed by atoms with E-state index in [0.717, 1.165) is 11.8 Å². The molecule has 1 aliphatic heterocycles. The van der Waals surface area contributed by atoms with Crippen LogP contribution >= 0.6 is 0 Å². The maximum atomic E-state index is 12.2. The van der Waals surface area contributed by atoms with Gasteiger partial charge in [0, 0.05) is 43.7 Å². The molecule has 1 amide bonds. The second-order valence-corrected chi connectivity index (χ2v) is 8.10. The molecule has 1 aromatic heterocycles. The molecule has 1 aromatic carbocycles. The number of amides is 1. The van der Waals surface area contributed by atoms with Gasteiger partial charge >= 0.3 is 0 Å². The number of hydrogen-bond donors (Lipinski definition) is 1. The molecule has 0 atom stereocenters. The standard InChI is InChI=1S/C18H21N3O5S/c1-27(23,24)21(13-14-3-2-7-19-12-14)8-6-18(22)20-15-4-5-16-17(11-15)26-10-9-25-16/h2-5,7,11-12H,6,8-10,13H2,1H3,(H,20,22). The molecule has 0 bridgehead atoms. The van der Waals surface area contributed by atoms with Gasteiger partial charge in [-0.25, -0.2) is 8.42 Å². The summed E-state index contributed by atoms with van der Waals surface area (Å²) in [4.78, 5) is 16.2. The summed E-state index contributed by atoms with van der Waals surface area (Å²) in [6.45, 7) is 1.20. The number of fused-ring (bicyclic) bond motifs is 1. The van der Waals surface area contributed by atoms with E-state index in [2.05, 4.69) is 10.3 Å². The van der Waals surface area contributed by atoms with E-state index in [-0.39, 0.29) is 25.4 Å². The normalized spacial score (nSPS) is 13.4. The van der Waals surface area contributed by atoms with Crippen LogP contribution in [-0.2, 0) is 21.4 Å². The number of rotatable bonds is 7. The van der Waals surface area contributed by atoms with Crippen LogP contribution in [-0.4, -0.2) is 49.6 Å². The van der Waals surface area contributed by atoms with Crippen molar-refractivity contribution in [3.05, 3.63) is 48.3 Å². The number of aromatic nitrogens is 1.